The number of carbonyl (C=O) groups is 2. The highest BCUT2D eigenvalue weighted by Gasteiger charge is 2.33. The fraction of sp³-hybridized carbons (Fsp3) is 0.440. The number of nitrogens with one attached hydrogen (secondary N) is 1. The summed E-state index contributed by atoms with van der Waals surface area (Å²) in [6, 6.07) is 14.7. The van der Waals surface area contributed by atoms with E-state index in [0.29, 0.717) is 29.2 Å². The van der Waals surface area contributed by atoms with Gasteiger partial charge in [-0.15, -0.1) is 0 Å². The lowest BCUT2D eigenvalue weighted by Crippen LogP contribution is -2.53. The number of hydrogen-bond acceptors (Lipinski definition) is 4. The van der Waals surface area contributed by atoms with Gasteiger partial charge in [0, 0.05) is 32.2 Å². The smallest absolute Gasteiger partial charge is 0.304 e. The molecular formula is C25H35ClN4O4S. The second-order valence-corrected chi connectivity index (χ2v) is 11.3. The summed E-state index contributed by atoms with van der Waals surface area (Å²) in [6.45, 7) is 5.85. The SMILES string of the molecule is CC[C@H](C(=O)NCC(C)C)N(Cc1ccccc1Cl)C(=O)CN(c1ccccc1)S(=O)(=O)N(C)C. The lowest BCUT2D eigenvalue weighted by Gasteiger charge is -2.34. The molecule has 192 valence electrons. The van der Waals surface area contributed by atoms with Gasteiger partial charge in [-0.05, 0) is 36.1 Å². The van der Waals surface area contributed by atoms with Crippen molar-refractivity contribution in [1.82, 2.24) is 14.5 Å². The zero-order valence-electron chi connectivity index (χ0n) is 20.9. The molecule has 0 radical (unpaired) electrons. The molecule has 2 aromatic carbocycles. The van der Waals surface area contributed by atoms with Crippen LogP contribution in [0.15, 0.2) is 54.6 Å². The number of anilines is 1. The third-order valence-corrected chi connectivity index (χ3v) is 7.62. The molecule has 10 heteroatoms. The van der Waals surface area contributed by atoms with Crippen LogP contribution in [0, 0.1) is 5.92 Å². The molecule has 1 N–H and O–H groups in total. The summed E-state index contributed by atoms with van der Waals surface area (Å²) < 4.78 is 28.4. The fourth-order valence-electron chi connectivity index (χ4n) is 3.46. The summed E-state index contributed by atoms with van der Waals surface area (Å²) in [4.78, 5) is 28.2. The highest BCUT2D eigenvalue weighted by Crippen LogP contribution is 2.23. The molecule has 8 nitrogen and oxygen atoms in total. The molecule has 0 aliphatic heterocycles. The molecule has 2 aromatic rings. The van der Waals surface area contributed by atoms with Gasteiger partial charge in [0.25, 0.3) is 0 Å². The van der Waals surface area contributed by atoms with Crippen LogP contribution in [0.2, 0.25) is 5.02 Å². The van der Waals surface area contributed by atoms with Crippen LogP contribution >= 0.6 is 11.6 Å². The van der Waals surface area contributed by atoms with E-state index in [-0.39, 0.29) is 18.4 Å². The predicted molar refractivity (Wildman–Crippen MR) is 140 cm³/mol. The van der Waals surface area contributed by atoms with Crippen LogP contribution in [0.4, 0.5) is 5.69 Å². The zero-order valence-corrected chi connectivity index (χ0v) is 22.5. The molecule has 0 heterocycles. The van der Waals surface area contributed by atoms with E-state index < -0.39 is 28.7 Å². The highest BCUT2D eigenvalue weighted by atomic mass is 35.5. The molecule has 2 amide bonds. The van der Waals surface area contributed by atoms with E-state index in [1.165, 1.54) is 19.0 Å². The van der Waals surface area contributed by atoms with Crippen molar-refractivity contribution in [2.24, 2.45) is 5.92 Å². The molecule has 0 bridgehead atoms. The molecular weight excluding hydrogens is 488 g/mol. The van der Waals surface area contributed by atoms with Gasteiger partial charge in [0.2, 0.25) is 11.8 Å². The largest absolute Gasteiger partial charge is 0.354 e. The van der Waals surface area contributed by atoms with E-state index in [9.17, 15) is 18.0 Å². The minimum Gasteiger partial charge on any atom is -0.354 e. The number of amides is 2. The van der Waals surface area contributed by atoms with Crippen molar-refractivity contribution in [3.05, 3.63) is 65.2 Å². The van der Waals surface area contributed by atoms with Crippen LogP contribution < -0.4 is 9.62 Å². The maximum Gasteiger partial charge on any atom is 0.304 e. The van der Waals surface area contributed by atoms with Gasteiger partial charge in [0.15, 0.2) is 0 Å². The summed E-state index contributed by atoms with van der Waals surface area (Å²) in [5.41, 5.74) is 1.02. The minimum atomic E-state index is -3.98. The fourth-order valence-corrected chi connectivity index (χ4v) is 4.71. The topological polar surface area (TPSA) is 90.0 Å². The lowest BCUT2D eigenvalue weighted by molar-refractivity contribution is -0.140. The Morgan fingerprint density at radius 2 is 1.60 bits per heavy atom. The van der Waals surface area contributed by atoms with E-state index in [1.807, 2.05) is 20.8 Å². The standard InChI is InChI=1S/C25H35ClN4O4S/c1-6-23(25(32)27-16-19(2)3)29(17-20-12-10-11-15-22(20)26)24(31)18-30(35(33,34)28(4)5)21-13-8-7-9-14-21/h7-15,19,23H,6,16-18H2,1-5H3,(H,27,32)/t23-/m1/s1. The molecule has 0 aromatic heterocycles. The van der Waals surface area contributed by atoms with Crippen LogP contribution in [-0.2, 0) is 26.3 Å². The van der Waals surface area contributed by atoms with Crippen LogP contribution in [0.25, 0.3) is 0 Å². The molecule has 35 heavy (non-hydrogen) atoms. The second kappa shape index (κ2) is 12.9. The molecule has 0 aliphatic carbocycles. The third-order valence-electron chi connectivity index (χ3n) is 5.43. The molecule has 0 saturated heterocycles. The maximum absolute atomic E-state index is 13.7. The van der Waals surface area contributed by atoms with Crippen molar-refractivity contribution in [2.75, 3.05) is 31.5 Å². The van der Waals surface area contributed by atoms with E-state index in [1.54, 1.807) is 54.6 Å². The molecule has 0 spiro atoms. The molecule has 0 saturated carbocycles. The second-order valence-electron chi connectivity index (χ2n) is 8.81. The average molecular weight is 523 g/mol. The predicted octanol–water partition coefficient (Wildman–Crippen LogP) is 3.53. The third kappa shape index (κ3) is 7.68. The summed E-state index contributed by atoms with van der Waals surface area (Å²) >= 11 is 6.37. The van der Waals surface area contributed by atoms with E-state index in [0.717, 1.165) is 8.61 Å². The first kappa shape index (κ1) is 28.6. The van der Waals surface area contributed by atoms with Gasteiger partial charge in [-0.2, -0.15) is 12.7 Å². The van der Waals surface area contributed by atoms with Gasteiger partial charge in [-0.1, -0.05) is 68.8 Å². The lowest BCUT2D eigenvalue weighted by atomic mass is 10.1. The number of hydrogen-bond donors (Lipinski definition) is 1. The van der Waals surface area contributed by atoms with Crippen LogP contribution in [-0.4, -0.2) is 62.7 Å². The molecule has 0 fully saturated rings. The number of benzene rings is 2. The summed E-state index contributed by atoms with van der Waals surface area (Å²) in [5.74, 6) is -0.558. The Balaban J connectivity index is 2.47. The Kier molecular flexibility index (Phi) is 10.5. The van der Waals surface area contributed by atoms with Crippen molar-refractivity contribution in [2.45, 2.75) is 39.8 Å². The Morgan fingerprint density at radius 3 is 2.14 bits per heavy atom. The van der Waals surface area contributed by atoms with Crippen molar-refractivity contribution in [3.63, 3.8) is 0 Å². The van der Waals surface area contributed by atoms with Crippen molar-refractivity contribution in [3.8, 4) is 0 Å². The first-order chi connectivity index (χ1) is 16.5. The molecule has 2 rings (SSSR count). The number of carbonyl (C=O) groups excluding carboxylic acids is 2. The number of para-hydroxylation sites is 1. The Labute approximate surface area is 214 Å². The minimum absolute atomic E-state index is 0.0662. The first-order valence-electron chi connectivity index (χ1n) is 11.5. The quantitative estimate of drug-likeness (QED) is 0.461. The van der Waals surface area contributed by atoms with E-state index in [2.05, 4.69) is 5.32 Å². The molecule has 0 unspecified atom stereocenters. The maximum atomic E-state index is 13.7. The van der Waals surface area contributed by atoms with Gasteiger partial charge in [-0.25, -0.2) is 4.31 Å². The monoisotopic (exact) mass is 522 g/mol. The molecule has 0 aliphatic rings. The van der Waals surface area contributed by atoms with Crippen molar-refractivity contribution in [1.29, 1.82) is 0 Å². The average Bonchev–Trinajstić information content (AvgIpc) is 2.82. The Bertz CT molecular complexity index is 1090. The number of halogens is 1. The van der Waals surface area contributed by atoms with Gasteiger partial charge in [0.1, 0.15) is 12.6 Å². The van der Waals surface area contributed by atoms with Crippen LogP contribution in [0.1, 0.15) is 32.8 Å². The van der Waals surface area contributed by atoms with E-state index >= 15 is 0 Å². The van der Waals surface area contributed by atoms with Gasteiger partial charge >= 0.3 is 10.2 Å². The normalized spacial score (nSPS) is 12.5. The Morgan fingerprint density at radius 1 is 1.00 bits per heavy atom. The van der Waals surface area contributed by atoms with E-state index in [4.69, 9.17) is 11.6 Å². The van der Waals surface area contributed by atoms with Gasteiger partial charge in [-0.3, -0.25) is 9.59 Å². The van der Waals surface area contributed by atoms with Crippen LogP contribution in [0.5, 0.6) is 0 Å². The van der Waals surface area contributed by atoms with Crippen molar-refractivity contribution >= 4 is 39.3 Å². The summed E-state index contributed by atoms with van der Waals surface area (Å²) in [5, 5.41) is 3.36. The summed E-state index contributed by atoms with van der Waals surface area (Å²) in [7, 11) is -1.17. The Hall–Kier alpha value is -2.62. The van der Waals surface area contributed by atoms with Gasteiger partial charge in [0.05, 0.1) is 5.69 Å². The summed E-state index contributed by atoms with van der Waals surface area (Å²) in [6.07, 6.45) is 0.353. The number of nitrogens with zero attached hydrogens (tertiary/aromatic N) is 3. The van der Waals surface area contributed by atoms with Gasteiger partial charge < -0.3 is 10.2 Å². The first-order valence-corrected chi connectivity index (χ1v) is 13.3. The van der Waals surface area contributed by atoms with Crippen LogP contribution in [0.3, 0.4) is 0 Å². The number of rotatable bonds is 12. The molecule has 1 atom stereocenters. The zero-order chi connectivity index (χ0) is 26.2. The highest BCUT2D eigenvalue weighted by molar-refractivity contribution is 7.90. The van der Waals surface area contributed by atoms with Crippen molar-refractivity contribution < 1.29 is 18.0 Å².